The van der Waals surface area contributed by atoms with E-state index in [0.29, 0.717) is 12.0 Å². The summed E-state index contributed by atoms with van der Waals surface area (Å²) in [7, 11) is -1.44. The standard InChI is InChI=1S/C14H20BNO3/c17-14(12-4-2-1-3-5-12)16-10-11-6-8-13(9-7-11)15(18)19/h6-9,12,18-19H,1-5,10H2,(H,16,17). The average Bonchev–Trinajstić information content (AvgIpc) is 2.46. The van der Waals surface area contributed by atoms with Crippen molar-refractivity contribution in [3.8, 4) is 0 Å². The fourth-order valence-corrected chi connectivity index (χ4v) is 2.51. The van der Waals surface area contributed by atoms with Crippen LogP contribution < -0.4 is 10.8 Å². The Balaban J connectivity index is 1.82. The van der Waals surface area contributed by atoms with E-state index in [-0.39, 0.29) is 11.8 Å². The monoisotopic (exact) mass is 261 g/mol. The van der Waals surface area contributed by atoms with Crippen molar-refractivity contribution in [1.29, 1.82) is 0 Å². The van der Waals surface area contributed by atoms with Gasteiger partial charge in [0.05, 0.1) is 0 Å². The first-order valence-electron chi connectivity index (χ1n) is 6.89. The van der Waals surface area contributed by atoms with Gasteiger partial charge in [-0.05, 0) is 23.9 Å². The lowest BCUT2D eigenvalue weighted by atomic mass is 9.80. The zero-order chi connectivity index (χ0) is 13.7. The first kappa shape index (κ1) is 14.1. The minimum atomic E-state index is -1.44. The van der Waals surface area contributed by atoms with Gasteiger partial charge < -0.3 is 15.4 Å². The van der Waals surface area contributed by atoms with Crippen molar-refractivity contribution in [2.75, 3.05) is 0 Å². The number of carbonyl (C=O) groups is 1. The van der Waals surface area contributed by atoms with E-state index in [9.17, 15) is 4.79 Å². The minimum Gasteiger partial charge on any atom is -0.423 e. The lowest BCUT2D eigenvalue weighted by Gasteiger charge is -2.20. The van der Waals surface area contributed by atoms with Crippen LogP contribution in [0.4, 0.5) is 0 Å². The molecule has 0 atom stereocenters. The molecule has 4 nitrogen and oxygen atoms in total. The van der Waals surface area contributed by atoms with Crippen molar-refractivity contribution in [1.82, 2.24) is 5.32 Å². The van der Waals surface area contributed by atoms with Gasteiger partial charge in [-0.25, -0.2) is 0 Å². The second-order valence-electron chi connectivity index (χ2n) is 5.17. The summed E-state index contributed by atoms with van der Waals surface area (Å²) in [5.74, 6) is 0.318. The van der Waals surface area contributed by atoms with Gasteiger partial charge in [-0.15, -0.1) is 0 Å². The Kier molecular flexibility index (Phi) is 4.99. The summed E-state index contributed by atoms with van der Waals surface area (Å²) in [6.07, 6.45) is 5.56. The third-order valence-corrected chi connectivity index (χ3v) is 3.72. The molecule has 0 bridgehead atoms. The normalized spacial score (nSPS) is 16.1. The highest BCUT2D eigenvalue weighted by atomic mass is 16.4. The van der Waals surface area contributed by atoms with Crippen molar-refractivity contribution in [3.05, 3.63) is 29.8 Å². The predicted molar refractivity (Wildman–Crippen MR) is 74.7 cm³/mol. The molecule has 19 heavy (non-hydrogen) atoms. The Morgan fingerprint density at radius 3 is 2.37 bits per heavy atom. The number of rotatable bonds is 4. The lowest BCUT2D eigenvalue weighted by molar-refractivity contribution is -0.126. The van der Waals surface area contributed by atoms with Gasteiger partial charge in [-0.2, -0.15) is 0 Å². The second-order valence-corrected chi connectivity index (χ2v) is 5.17. The molecule has 0 radical (unpaired) electrons. The Hall–Kier alpha value is -1.33. The van der Waals surface area contributed by atoms with E-state index in [0.717, 1.165) is 31.2 Å². The molecule has 1 aromatic carbocycles. The van der Waals surface area contributed by atoms with Crippen molar-refractivity contribution in [2.24, 2.45) is 5.92 Å². The molecule has 1 aromatic rings. The maximum Gasteiger partial charge on any atom is 0.488 e. The zero-order valence-corrected chi connectivity index (χ0v) is 11.0. The molecule has 0 spiro atoms. The van der Waals surface area contributed by atoms with Gasteiger partial charge in [0, 0.05) is 12.5 Å². The molecular formula is C14H20BNO3. The molecule has 0 aromatic heterocycles. The molecule has 102 valence electrons. The molecule has 0 aliphatic heterocycles. The van der Waals surface area contributed by atoms with E-state index in [1.807, 2.05) is 0 Å². The van der Waals surface area contributed by atoms with Crippen LogP contribution in [0.2, 0.25) is 0 Å². The SMILES string of the molecule is O=C(NCc1ccc(B(O)O)cc1)C1CCCCC1. The van der Waals surface area contributed by atoms with Gasteiger partial charge >= 0.3 is 7.12 Å². The largest absolute Gasteiger partial charge is 0.488 e. The smallest absolute Gasteiger partial charge is 0.423 e. The molecule has 2 rings (SSSR count). The summed E-state index contributed by atoms with van der Waals surface area (Å²) in [6.45, 7) is 0.497. The first-order valence-corrected chi connectivity index (χ1v) is 6.89. The molecule has 0 heterocycles. The van der Waals surface area contributed by atoms with Crippen LogP contribution in [0.3, 0.4) is 0 Å². The third-order valence-electron chi connectivity index (χ3n) is 3.72. The molecule has 1 aliphatic rings. The number of amides is 1. The van der Waals surface area contributed by atoms with E-state index in [4.69, 9.17) is 10.0 Å². The molecule has 0 unspecified atom stereocenters. The molecular weight excluding hydrogens is 241 g/mol. The van der Waals surface area contributed by atoms with Crippen LogP contribution >= 0.6 is 0 Å². The van der Waals surface area contributed by atoms with Crippen LogP contribution in [-0.4, -0.2) is 23.1 Å². The summed E-state index contributed by atoms with van der Waals surface area (Å²) in [4.78, 5) is 12.0. The fourth-order valence-electron chi connectivity index (χ4n) is 2.51. The van der Waals surface area contributed by atoms with Crippen LogP contribution in [0.1, 0.15) is 37.7 Å². The molecule has 0 saturated heterocycles. The fraction of sp³-hybridized carbons (Fsp3) is 0.500. The van der Waals surface area contributed by atoms with Crippen molar-refractivity contribution < 1.29 is 14.8 Å². The average molecular weight is 261 g/mol. The van der Waals surface area contributed by atoms with Gasteiger partial charge in [0.2, 0.25) is 5.91 Å². The van der Waals surface area contributed by atoms with E-state index in [1.165, 1.54) is 6.42 Å². The quantitative estimate of drug-likeness (QED) is 0.694. The predicted octanol–water partition coefficient (Wildman–Crippen LogP) is 0.563. The number of carbonyl (C=O) groups excluding carboxylic acids is 1. The van der Waals surface area contributed by atoms with Crippen LogP contribution in [0.25, 0.3) is 0 Å². The van der Waals surface area contributed by atoms with Crippen LogP contribution in [0.5, 0.6) is 0 Å². The molecule has 1 saturated carbocycles. The summed E-state index contributed by atoms with van der Waals surface area (Å²) in [6, 6.07) is 6.92. The van der Waals surface area contributed by atoms with Gasteiger partial charge in [-0.1, -0.05) is 43.5 Å². The van der Waals surface area contributed by atoms with Crippen molar-refractivity contribution in [3.63, 3.8) is 0 Å². The highest BCUT2D eigenvalue weighted by Gasteiger charge is 2.20. The van der Waals surface area contributed by atoms with Gasteiger partial charge in [0.25, 0.3) is 0 Å². The van der Waals surface area contributed by atoms with Crippen LogP contribution in [0, 0.1) is 5.92 Å². The molecule has 1 aliphatic carbocycles. The summed E-state index contributed by atoms with van der Waals surface area (Å²) < 4.78 is 0. The maximum atomic E-state index is 12.0. The van der Waals surface area contributed by atoms with Crippen LogP contribution in [-0.2, 0) is 11.3 Å². The van der Waals surface area contributed by atoms with Crippen molar-refractivity contribution in [2.45, 2.75) is 38.6 Å². The number of hydrogen-bond donors (Lipinski definition) is 3. The topological polar surface area (TPSA) is 69.6 Å². The lowest BCUT2D eigenvalue weighted by Crippen LogP contribution is -2.32. The van der Waals surface area contributed by atoms with E-state index < -0.39 is 7.12 Å². The van der Waals surface area contributed by atoms with E-state index in [1.54, 1.807) is 24.3 Å². The van der Waals surface area contributed by atoms with E-state index in [2.05, 4.69) is 5.32 Å². The second kappa shape index (κ2) is 6.73. The maximum absolute atomic E-state index is 12.0. The Labute approximate surface area is 114 Å². The Bertz CT molecular complexity index is 413. The molecule has 3 N–H and O–H groups in total. The number of benzene rings is 1. The Morgan fingerprint density at radius 1 is 1.16 bits per heavy atom. The highest BCUT2D eigenvalue weighted by molar-refractivity contribution is 6.58. The van der Waals surface area contributed by atoms with Crippen molar-refractivity contribution >= 4 is 18.5 Å². The van der Waals surface area contributed by atoms with E-state index >= 15 is 0 Å². The molecule has 5 heteroatoms. The summed E-state index contributed by atoms with van der Waals surface area (Å²) >= 11 is 0. The summed E-state index contributed by atoms with van der Waals surface area (Å²) in [5, 5.41) is 20.9. The number of nitrogens with one attached hydrogen (secondary N) is 1. The minimum absolute atomic E-state index is 0.144. The van der Waals surface area contributed by atoms with Gasteiger partial charge in [-0.3, -0.25) is 4.79 Å². The first-order chi connectivity index (χ1) is 9.16. The van der Waals surface area contributed by atoms with Gasteiger partial charge in [0.1, 0.15) is 0 Å². The molecule has 1 amide bonds. The van der Waals surface area contributed by atoms with Crippen LogP contribution in [0.15, 0.2) is 24.3 Å². The molecule has 1 fully saturated rings. The Morgan fingerprint density at radius 2 is 1.79 bits per heavy atom. The van der Waals surface area contributed by atoms with Gasteiger partial charge in [0.15, 0.2) is 0 Å². The highest BCUT2D eigenvalue weighted by Crippen LogP contribution is 2.23. The third kappa shape index (κ3) is 4.08. The summed E-state index contributed by atoms with van der Waals surface area (Å²) in [5.41, 5.74) is 1.43. The number of hydrogen-bond acceptors (Lipinski definition) is 3. The zero-order valence-electron chi connectivity index (χ0n) is 11.0.